The Kier molecular flexibility index (Phi) is 28.5. The van der Waals surface area contributed by atoms with Crippen LogP contribution in [0.1, 0.15) is 61.0 Å². The fourth-order valence-corrected chi connectivity index (χ4v) is 14.7. The second-order valence-electron chi connectivity index (χ2n) is 26.2. The summed E-state index contributed by atoms with van der Waals surface area (Å²) in [6, 6.07) is 105. The molecule has 0 bridgehead atoms. The first kappa shape index (κ1) is 79.9. The van der Waals surface area contributed by atoms with E-state index in [0.29, 0.717) is 0 Å². The molecule has 0 radical (unpaired) electrons. The number of nitrogens with zero attached hydrogens (tertiary/aromatic N) is 7. The largest absolute Gasteiger partial charge is 0.456 e. The molecule has 548 valence electrons. The number of furan rings is 1. The standard InChI is InChI=1S/2C20H16N2.C13H11N.C12H8O.C12H8S.C7H8.2C3H9N.4C2H6/c1-21-17-9-5-3-7-13(17)15-12-20-16(11-19(15)21)14-8-4-6-10-18(14)22(20)2;1-21-17-9-5-3-7-13(17)15-11-16-14-8-4-6-10-18(14)22(2)20(16)12-19(15)21;1-14-12-8-4-2-6-10(12)11-7-3-5-9-13(11)14;2*1-3-7-11-9(5-1)10-6-2-4-8-12(10)13-11;1-7-5-3-2-4-6-7;2*1-4(2)3;4*1-2/h2*3-12H,1-2H3;2-9H,1H3;2*1-8H;2-6H,1H3;2*1-3H3;4*1-2H3. The molecule has 0 aliphatic carbocycles. The predicted octanol–water partition coefficient (Wildman–Crippen LogP) is 27.4. The van der Waals surface area contributed by atoms with Gasteiger partial charge >= 0.3 is 0 Å². The molecule has 0 atom stereocenters. The number of rotatable bonds is 0. The first-order valence-electron chi connectivity index (χ1n) is 37.7. The van der Waals surface area contributed by atoms with E-state index in [-0.39, 0.29) is 0 Å². The van der Waals surface area contributed by atoms with Gasteiger partial charge in [0.15, 0.2) is 0 Å². The van der Waals surface area contributed by atoms with Crippen LogP contribution in [0.5, 0.6) is 0 Å². The van der Waals surface area contributed by atoms with Crippen LogP contribution in [0.15, 0.2) is 302 Å². The molecule has 20 aromatic rings. The minimum absolute atomic E-state index is 0.962. The van der Waals surface area contributed by atoms with Crippen LogP contribution in [-0.4, -0.2) is 74.9 Å². The number of hydrogen-bond acceptors (Lipinski definition) is 4. The van der Waals surface area contributed by atoms with Crippen molar-refractivity contribution in [3.63, 3.8) is 0 Å². The Morgan fingerprint density at radius 3 is 0.701 bits per heavy atom. The fourth-order valence-electron chi connectivity index (χ4n) is 13.6. The average Bonchev–Trinajstić information content (AvgIpc) is 1.58. The molecular weight excluding hydrogens is 1320 g/mol. The van der Waals surface area contributed by atoms with E-state index in [1.165, 1.54) is 146 Å². The maximum absolute atomic E-state index is 5.65. The first-order valence-corrected chi connectivity index (χ1v) is 38.5. The van der Waals surface area contributed by atoms with E-state index in [0.717, 1.165) is 11.2 Å². The van der Waals surface area contributed by atoms with Gasteiger partial charge in [-0.2, -0.15) is 0 Å². The minimum Gasteiger partial charge on any atom is -0.456 e. The Bertz CT molecular complexity index is 5720. The van der Waals surface area contributed by atoms with Crippen LogP contribution in [0.3, 0.4) is 0 Å². The van der Waals surface area contributed by atoms with E-state index >= 15 is 0 Å². The molecule has 107 heavy (non-hydrogen) atoms. The molecule has 0 saturated carbocycles. The van der Waals surface area contributed by atoms with Gasteiger partial charge in [0, 0.05) is 164 Å². The van der Waals surface area contributed by atoms with Crippen molar-refractivity contribution < 1.29 is 4.42 Å². The van der Waals surface area contributed by atoms with Crippen molar-refractivity contribution in [3.05, 3.63) is 303 Å². The molecule has 0 fully saturated rings. The SMILES string of the molecule is CC.CC.CC.CC.CN(C)C.CN(C)C.Cc1ccccc1.Cn1c2ccccc2c2cc3c(cc21)c1ccccc1n3C.Cn1c2ccccc2c2cc3c4ccccc4n(C)c3cc21.Cn1c2ccccc2c2ccccc21.c1ccc2c(c1)oc1ccccc12.c1ccc2c(c1)sc1ccccc12. The number of benzene rings is 13. The number of aromatic nitrogens is 5. The second kappa shape index (κ2) is 38.2. The van der Waals surface area contributed by atoms with Crippen molar-refractivity contribution in [2.24, 2.45) is 35.2 Å². The zero-order valence-electron chi connectivity index (χ0n) is 66.7. The number of thiophene rings is 1. The summed E-state index contributed by atoms with van der Waals surface area (Å²) < 4.78 is 19.8. The van der Waals surface area contributed by atoms with Crippen LogP contribution in [0.4, 0.5) is 0 Å². The molecule has 0 unspecified atom stereocenters. The van der Waals surface area contributed by atoms with Crippen LogP contribution in [0.2, 0.25) is 0 Å². The molecule has 0 saturated heterocycles. The summed E-state index contributed by atoms with van der Waals surface area (Å²) in [5.41, 5.74) is 16.2. The third kappa shape index (κ3) is 17.7. The van der Waals surface area contributed by atoms with Crippen LogP contribution >= 0.6 is 11.3 Å². The molecule has 9 heteroatoms. The average molecular weight is 1430 g/mol. The van der Waals surface area contributed by atoms with Gasteiger partial charge in [0.1, 0.15) is 11.2 Å². The van der Waals surface area contributed by atoms with Crippen molar-refractivity contribution in [2.45, 2.75) is 62.3 Å². The highest BCUT2D eigenvalue weighted by molar-refractivity contribution is 7.25. The van der Waals surface area contributed by atoms with Gasteiger partial charge in [-0.15, -0.1) is 11.3 Å². The van der Waals surface area contributed by atoms with E-state index in [4.69, 9.17) is 4.42 Å². The third-order valence-corrected chi connectivity index (χ3v) is 19.4. The molecule has 8 nitrogen and oxygen atoms in total. The van der Waals surface area contributed by atoms with Crippen LogP contribution in [-0.2, 0) is 35.2 Å². The molecule has 0 aliphatic heterocycles. The smallest absolute Gasteiger partial charge is 0.135 e. The summed E-state index contributed by atoms with van der Waals surface area (Å²) in [4.78, 5) is 4.00. The summed E-state index contributed by atoms with van der Waals surface area (Å²) in [5, 5.41) is 18.5. The maximum atomic E-state index is 5.65. The topological polar surface area (TPSA) is 44.3 Å². The number of aryl methyl sites for hydroxylation is 6. The molecule has 20 rings (SSSR count). The quantitative estimate of drug-likeness (QED) is 0.152. The lowest BCUT2D eigenvalue weighted by Gasteiger charge is -2.00. The van der Waals surface area contributed by atoms with Crippen LogP contribution in [0, 0.1) is 6.92 Å². The van der Waals surface area contributed by atoms with E-state index < -0.39 is 0 Å². The first-order chi connectivity index (χ1) is 52.1. The van der Waals surface area contributed by atoms with Gasteiger partial charge in [0.2, 0.25) is 0 Å². The van der Waals surface area contributed by atoms with Crippen molar-refractivity contribution in [1.82, 2.24) is 32.6 Å². The fraction of sp³-hybridized carbons (Fsp3) is 0.204. The highest BCUT2D eigenvalue weighted by Gasteiger charge is 2.16. The van der Waals surface area contributed by atoms with E-state index in [1.54, 1.807) is 0 Å². The Morgan fingerprint density at radius 2 is 0.421 bits per heavy atom. The van der Waals surface area contributed by atoms with Crippen molar-refractivity contribution in [2.75, 3.05) is 42.3 Å². The van der Waals surface area contributed by atoms with Crippen molar-refractivity contribution >= 4 is 162 Å². The van der Waals surface area contributed by atoms with Gasteiger partial charge in [-0.05, 0) is 134 Å². The number of hydrogen-bond donors (Lipinski definition) is 0. The predicted molar refractivity (Wildman–Crippen MR) is 478 cm³/mol. The lowest BCUT2D eigenvalue weighted by Crippen LogP contribution is -1.99. The van der Waals surface area contributed by atoms with Gasteiger partial charge in [0.25, 0.3) is 0 Å². The lowest BCUT2D eigenvalue weighted by atomic mass is 10.1. The second-order valence-corrected chi connectivity index (χ2v) is 27.3. The number of fused-ring (bicyclic) bond motifs is 21. The van der Waals surface area contributed by atoms with Gasteiger partial charge in [-0.25, -0.2) is 0 Å². The molecule has 0 spiro atoms. The zero-order valence-corrected chi connectivity index (χ0v) is 67.6. The van der Waals surface area contributed by atoms with Gasteiger partial charge in [-0.1, -0.05) is 273 Å². The zero-order chi connectivity index (χ0) is 76.8. The van der Waals surface area contributed by atoms with Crippen molar-refractivity contribution in [1.29, 1.82) is 0 Å². The molecular formula is C98H109N7OS. The monoisotopic (exact) mass is 1430 g/mol. The Labute approximate surface area is 638 Å². The third-order valence-electron chi connectivity index (χ3n) is 18.2. The van der Waals surface area contributed by atoms with Gasteiger partial charge in [0.05, 0.1) is 11.0 Å². The normalized spacial score (nSPS) is 10.6. The van der Waals surface area contributed by atoms with E-state index in [2.05, 4.69) is 308 Å². The summed E-state index contributed by atoms with van der Waals surface area (Å²) in [6.07, 6.45) is 0. The summed E-state index contributed by atoms with van der Waals surface area (Å²) in [6.45, 7) is 18.1. The van der Waals surface area contributed by atoms with Crippen LogP contribution in [0.25, 0.3) is 151 Å². The maximum Gasteiger partial charge on any atom is 0.135 e. The van der Waals surface area contributed by atoms with Gasteiger partial charge in [-0.3, -0.25) is 0 Å². The Hall–Kier alpha value is -11.2. The molecule has 7 aromatic heterocycles. The summed E-state index contributed by atoms with van der Waals surface area (Å²) >= 11 is 1.86. The Balaban J connectivity index is 0.000000146. The lowest BCUT2D eigenvalue weighted by molar-refractivity contribution is 0.505. The Morgan fingerprint density at radius 1 is 0.215 bits per heavy atom. The number of para-hydroxylation sites is 8. The minimum atomic E-state index is 0.962. The van der Waals surface area contributed by atoms with Gasteiger partial charge < -0.3 is 37.1 Å². The molecule has 0 aliphatic rings. The molecule has 13 aromatic carbocycles. The van der Waals surface area contributed by atoms with E-state index in [9.17, 15) is 0 Å². The van der Waals surface area contributed by atoms with E-state index in [1.807, 2.05) is 173 Å². The van der Waals surface area contributed by atoms with Crippen LogP contribution < -0.4 is 0 Å². The highest BCUT2D eigenvalue weighted by Crippen LogP contribution is 2.39. The summed E-state index contributed by atoms with van der Waals surface area (Å²) in [5.74, 6) is 0. The summed E-state index contributed by atoms with van der Waals surface area (Å²) in [7, 11) is 22.7. The van der Waals surface area contributed by atoms with Crippen molar-refractivity contribution in [3.8, 4) is 0 Å². The molecule has 0 N–H and O–H groups in total. The molecule has 0 amide bonds. The highest BCUT2D eigenvalue weighted by atomic mass is 32.1. The molecule has 7 heterocycles.